The van der Waals surface area contributed by atoms with Crippen LogP contribution < -0.4 is 10.6 Å². The van der Waals surface area contributed by atoms with Crippen LogP contribution in [-0.4, -0.2) is 27.7 Å². The summed E-state index contributed by atoms with van der Waals surface area (Å²) in [5.74, 6) is -0.308. The Morgan fingerprint density at radius 3 is 2.81 bits per heavy atom. The number of aromatic nitrogens is 2. The van der Waals surface area contributed by atoms with Gasteiger partial charge in [0.05, 0.1) is 16.8 Å². The van der Waals surface area contributed by atoms with Gasteiger partial charge in [0.15, 0.2) is 0 Å². The highest BCUT2D eigenvalue weighted by molar-refractivity contribution is 5.96. The fourth-order valence-electron chi connectivity index (χ4n) is 1.84. The molecule has 0 unspecified atom stereocenters. The molecule has 1 heterocycles. The monoisotopic (exact) mass is 289 g/mol. The van der Waals surface area contributed by atoms with Crippen molar-refractivity contribution in [1.29, 1.82) is 0 Å². The minimum atomic E-state index is -0.500. The molecule has 0 saturated heterocycles. The summed E-state index contributed by atoms with van der Waals surface area (Å²) in [6, 6.07) is 4.16. The summed E-state index contributed by atoms with van der Waals surface area (Å²) in [6.07, 6.45) is 3.30. The number of benzene rings is 1. The third-order valence-corrected chi connectivity index (χ3v) is 2.92. The zero-order valence-corrected chi connectivity index (χ0v) is 11.7. The summed E-state index contributed by atoms with van der Waals surface area (Å²) in [6.45, 7) is 2.63. The Hall–Kier alpha value is -2.90. The van der Waals surface area contributed by atoms with Crippen LogP contribution in [0.3, 0.4) is 0 Å². The van der Waals surface area contributed by atoms with Gasteiger partial charge in [0.1, 0.15) is 5.69 Å². The van der Waals surface area contributed by atoms with E-state index in [0.29, 0.717) is 17.8 Å². The van der Waals surface area contributed by atoms with Crippen molar-refractivity contribution in [2.24, 2.45) is 0 Å². The predicted octanol–water partition coefficient (Wildman–Crippen LogP) is 1.91. The molecular formula is C13H15N5O3. The summed E-state index contributed by atoms with van der Waals surface area (Å²) >= 11 is 0. The maximum atomic E-state index is 11.6. The lowest BCUT2D eigenvalue weighted by molar-refractivity contribution is -0.383. The minimum Gasteiger partial charge on any atom is -0.355 e. The summed E-state index contributed by atoms with van der Waals surface area (Å²) in [7, 11) is 1.50. The first kappa shape index (κ1) is 14.5. The van der Waals surface area contributed by atoms with Crippen LogP contribution in [0.1, 0.15) is 17.3 Å². The van der Waals surface area contributed by atoms with Gasteiger partial charge >= 0.3 is 0 Å². The van der Waals surface area contributed by atoms with Gasteiger partial charge in [-0.05, 0) is 19.1 Å². The molecule has 1 aromatic carbocycles. The molecule has 8 nitrogen and oxygen atoms in total. The second-order valence-corrected chi connectivity index (χ2v) is 4.28. The lowest BCUT2D eigenvalue weighted by Gasteiger charge is -2.07. The second kappa shape index (κ2) is 6.04. The van der Waals surface area contributed by atoms with E-state index in [-0.39, 0.29) is 17.3 Å². The van der Waals surface area contributed by atoms with Gasteiger partial charge in [-0.15, -0.1) is 0 Å². The molecule has 2 rings (SSSR count). The number of aryl methyl sites for hydroxylation is 1. The number of nitro groups is 1. The lowest BCUT2D eigenvalue weighted by Crippen LogP contribution is -2.17. The largest absolute Gasteiger partial charge is 0.355 e. The molecule has 0 fully saturated rings. The Balaban J connectivity index is 2.38. The van der Waals surface area contributed by atoms with Crippen molar-refractivity contribution < 1.29 is 9.72 Å². The SMILES string of the molecule is CCn1cc(Nc2cc(C(=O)NC)ccc2[N+](=O)[O-])cn1. The molecule has 2 aromatic rings. The number of nitro benzene ring substituents is 1. The quantitative estimate of drug-likeness (QED) is 0.646. The Morgan fingerprint density at radius 2 is 2.24 bits per heavy atom. The van der Waals surface area contributed by atoms with E-state index in [4.69, 9.17) is 0 Å². The highest BCUT2D eigenvalue weighted by Crippen LogP contribution is 2.28. The number of rotatable bonds is 5. The lowest BCUT2D eigenvalue weighted by atomic mass is 10.1. The highest BCUT2D eigenvalue weighted by Gasteiger charge is 2.17. The number of anilines is 2. The first-order valence-corrected chi connectivity index (χ1v) is 6.35. The number of amides is 1. The van der Waals surface area contributed by atoms with Crippen LogP contribution in [0.2, 0.25) is 0 Å². The first-order valence-electron chi connectivity index (χ1n) is 6.35. The van der Waals surface area contributed by atoms with E-state index in [1.807, 2.05) is 6.92 Å². The van der Waals surface area contributed by atoms with Crippen molar-refractivity contribution >= 4 is 23.0 Å². The van der Waals surface area contributed by atoms with Crippen LogP contribution in [-0.2, 0) is 6.54 Å². The van der Waals surface area contributed by atoms with Crippen molar-refractivity contribution in [3.05, 3.63) is 46.3 Å². The summed E-state index contributed by atoms with van der Waals surface area (Å²) in [5.41, 5.74) is 1.10. The molecule has 0 saturated carbocycles. The molecule has 1 amide bonds. The minimum absolute atomic E-state index is 0.105. The van der Waals surface area contributed by atoms with Crippen LogP contribution in [0.15, 0.2) is 30.6 Å². The number of carbonyl (C=O) groups excluding carboxylic acids is 1. The summed E-state index contributed by atoms with van der Waals surface area (Å²) in [5, 5.41) is 20.6. The zero-order valence-electron chi connectivity index (χ0n) is 11.7. The molecule has 0 aliphatic carbocycles. The Bertz CT molecular complexity index is 680. The standard InChI is InChI=1S/C13H15N5O3/c1-3-17-8-10(7-15-17)16-11-6-9(13(19)14-2)4-5-12(11)18(20)21/h4-8,16H,3H2,1-2H3,(H,14,19). The topological polar surface area (TPSA) is 102 Å². The Kier molecular flexibility index (Phi) is 4.17. The average molecular weight is 289 g/mol. The van der Waals surface area contributed by atoms with Crippen LogP contribution in [0.25, 0.3) is 0 Å². The fourth-order valence-corrected chi connectivity index (χ4v) is 1.84. The number of hydrogen-bond acceptors (Lipinski definition) is 5. The second-order valence-electron chi connectivity index (χ2n) is 4.28. The molecule has 2 N–H and O–H groups in total. The molecular weight excluding hydrogens is 274 g/mol. The van der Waals surface area contributed by atoms with E-state index in [2.05, 4.69) is 15.7 Å². The summed E-state index contributed by atoms with van der Waals surface area (Å²) in [4.78, 5) is 22.2. The van der Waals surface area contributed by atoms with E-state index < -0.39 is 4.92 Å². The number of hydrogen-bond donors (Lipinski definition) is 2. The van der Waals surface area contributed by atoms with Gasteiger partial charge in [-0.3, -0.25) is 19.6 Å². The molecule has 1 aromatic heterocycles. The Morgan fingerprint density at radius 1 is 1.48 bits per heavy atom. The van der Waals surface area contributed by atoms with Crippen molar-refractivity contribution in [2.45, 2.75) is 13.5 Å². The van der Waals surface area contributed by atoms with Gasteiger partial charge in [-0.1, -0.05) is 0 Å². The van der Waals surface area contributed by atoms with Gasteiger partial charge < -0.3 is 10.6 Å². The van der Waals surface area contributed by atoms with Crippen LogP contribution >= 0.6 is 0 Å². The number of nitrogens with zero attached hydrogens (tertiary/aromatic N) is 3. The number of nitrogens with one attached hydrogen (secondary N) is 2. The van der Waals surface area contributed by atoms with E-state index in [1.165, 1.54) is 25.2 Å². The molecule has 0 bridgehead atoms. The van der Waals surface area contributed by atoms with Crippen LogP contribution in [0.4, 0.5) is 17.1 Å². The van der Waals surface area contributed by atoms with Crippen LogP contribution in [0.5, 0.6) is 0 Å². The highest BCUT2D eigenvalue weighted by atomic mass is 16.6. The van der Waals surface area contributed by atoms with E-state index in [9.17, 15) is 14.9 Å². The smallest absolute Gasteiger partial charge is 0.292 e. The summed E-state index contributed by atoms with van der Waals surface area (Å²) < 4.78 is 1.69. The molecule has 0 radical (unpaired) electrons. The number of carbonyl (C=O) groups is 1. The van der Waals surface area contributed by atoms with Crippen LogP contribution in [0, 0.1) is 10.1 Å². The normalized spacial score (nSPS) is 10.2. The molecule has 0 aliphatic rings. The molecule has 0 spiro atoms. The first-order chi connectivity index (χ1) is 10.0. The van der Waals surface area contributed by atoms with Crippen molar-refractivity contribution in [2.75, 3.05) is 12.4 Å². The van der Waals surface area contributed by atoms with Gasteiger partial charge in [-0.2, -0.15) is 5.10 Å². The van der Waals surface area contributed by atoms with E-state index in [0.717, 1.165) is 0 Å². The van der Waals surface area contributed by atoms with Gasteiger partial charge in [0, 0.05) is 31.4 Å². The Labute approximate surface area is 120 Å². The van der Waals surface area contributed by atoms with Gasteiger partial charge in [0.25, 0.3) is 11.6 Å². The third-order valence-electron chi connectivity index (χ3n) is 2.92. The maximum Gasteiger partial charge on any atom is 0.292 e. The van der Waals surface area contributed by atoms with Gasteiger partial charge in [-0.25, -0.2) is 0 Å². The third kappa shape index (κ3) is 3.16. The van der Waals surface area contributed by atoms with Crippen molar-refractivity contribution in [3.63, 3.8) is 0 Å². The zero-order chi connectivity index (χ0) is 15.4. The molecule has 21 heavy (non-hydrogen) atoms. The van der Waals surface area contributed by atoms with E-state index >= 15 is 0 Å². The average Bonchev–Trinajstić information content (AvgIpc) is 2.93. The molecule has 0 aliphatic heterocycles. The molecule has 110 valence electrons. The fraction of sp³-hybridized carbons (Fsp3) is 0.231. The maximum absolute atomic E-state index is 11.6. The van der Waals surface area contributed by atoms with Gasteiger partial charge in [0.2, 0.25) is 0 Å². The van der Waals surface area contributed by atoms with Crippen molar-refractivity contribution in [3.8, 4) is 0 Å². The molecule has 0 atom stereocenters. The van der Waals surface area contributed by atoms with E-state index in [1.54, 1.807) is 17.1 Å². The molecule has 8 heteroatoms. The predicted molar refractivity (Wildman–Crippen MR) is 77.7 cm³/mol. The van der Waals surface area contributed by atoms with Crippen molar-refractivity contribution in [1.82, 2.24) is 15.1 Å².